The molecule has 0 radical (unpaired) electrons. The molecule has 1 aliphatic rings. The molecule has 1 aliphatic heterocycles. The highest BCUT2D eigenvalue weighted by atomic mass is 16.5. The number of hydrogen-bond donors (Lipinski definition) is 1. The summed E-state index contributed by atoms with van der Waals surface area (Å²) >= 11 is 0. The zero-order valence-electron chi connectivity index (χ0n) is 16.9. The van der Waals surface area contributed by atoms with E-state index >= 15 is 0 Å². The van der Waals surface area contributed by atoms with Crippen molar-refractivity contribution in [1.29, 1.82) is 0 Å². The minimum absolute atomic E-state index is 0.159. The number of likely N-dealkylation sites (tertiary alicyclic amines) is 1. The molecule has 150 valence electrons. The van der Waals surface area contributed by atoms with E-state index in [0.717, 1.165) is 12.1 Å². The van der Waals surface area contributed by atoms with Crippen LogP contribution < -0.4 is 14.8 Å². The van der Waals surface area contributed by atoms with Crippen molar-refractivity contribution in [3.63, 3.8) is 0 Å². The molecule has 3 rings (SSSR count). The topological polar surface area (TPSA) is 50.8 Å². The number of ether oxygens (including phenoxy) is 2. The second kappa shape index (κ2) is 10.1. The third-order valence-electron chi connectivity index (χ3n) is 5.23. The highest BCUT2D eigenvalue weighted by molar-refractivity contribution is 5.97. The van der Waals surface area contributed by atoms with Crippen molar-refractivity contribution in [3.8, 4) is 11.5 Å². The highest BCUT2D eigenvalue weighted by Gasteiger charge is 2.13. The van der Waals surface area contributed by atoms with E-state index in [-0.39, 0.29) is 5.91 Å². The summed E-state index contributed by atoms with van der Waals surface area (Å²) in [5.41, 5.74) is 2.91. The first-order valence-electron chi connectivity index (χ1n) is 10.00. The summed E-state index contributed by atoms with van der Waals surface area (Å²) in [6.45, 7) is 3.89. The summed E-state index contributed by atoms with van der Waals surface area (Å²) in [5, 5.41) is 2.97. The first-order chi connectivity index (χ1) is 13.7. The maximum absolute atomic E-state index is 12.5. The third-order valence-corrected chi connectivity index (χ3v) is 5.23. The van der Waals surface area contributed by atoms with Crippen molar-refractivity contribution in [3.05, 3.63) is 59.2 Å². The molecule has 5 heteroatoms. The first-order valence-corrected chi connectivity index (χ1v) is 10.00. The van der Waals surface area contributed by atoms with Gasteiger partial charge in [-0.05, 0) is 49.2 Å². The Balaban J connectivity index is 1.55. The molecule has 1 N–H and O–H groups in total. The SMILES string of the molecule is COc1ccc(C(=O)NCc2ccc(CN3CCCCCC3)cc2)c(OC)c1. The van der Waals surface area contributed by atoms with Crippen molar-refractivity contribution in [2.45, 2.75) is 38.8 Å². The number of nitrogens with zero attached hydrogens (tertiary/aromatic N) is 1. The number of benzene rings is 2. The molecule has 0 saturated carbocycles. The number of hydrogen-bond acceptors (Lipinski definition) is 4. The predicted octanol–water partition coefficient (Wildman–Crippen LogP) is 4.01. The summed E-state index contributed by atoms with van der Waals surface area (Å²) in [6.07, 6.45) is 5.32. The molecule has 1 heterocycles. The summed E-state index contributed by atoms with van der Waals surface area (Å²) in [4.78, 5) is 15.1. The Hall–Kier alpha value is -2.53. The molecule has 0 spiro atoms. The molecule has 0 aromatic heterocycles. The molecule has 1 fully saturated rings. The summed E-state index contributed by atoms with van der Waals surface area (Å²) in [6, 6.07) is 13.7. The molecule has 2 aromatic rings. The molecule has 0 bridgehead atoms. The van der Waals surface area contributed by atoms with Crippen LogP contribution in [0, 0.1) is 0 Å². The maximum Gasteiger partial charge on any atom is 0.255 e. The van der Waals surface area contributed by atoms with E-state index in [4.69, 9.17) is 9.47 Å². The molecule has 5 nitrogen and oxygen atoms in total. The van der Waals surface area contributed by atoms with Gasteiger partial charge in [-0.15, -0.1) is 0 Å². The molecule has 2 aromatic carbocycles. The molecule has 0 atom stereocenters. The lowest BCUT2D eigenvalue weighted by Gasteiger charge is -2.19. The number of methoxy groups -OCH3 is 2. The van der Waals surface area contributed by atoms with E-state index in [1.54, 1.807) is 32.4 Å². The van der Waals surface area contributed by atoms with Crippen LogP contribution in [-0.4, -0.2) is 38.1 Å². The van der Waals surface area contributed by atoms with Gasteiger partial charge in [0, 0.05) is 19.2 Å². The quantitative estimate of drug-likeness (QED) is 0.786. The fourth-order valence-corrected chi connectivity index (χ4v) is 3.58. The summed E-state index contributed by atoms with van der Waals surface area (Å²) in [5.74, 6) is 1.01. The van der Waals surface area contributed by atoms with E-state index in [2.05, 4.69) is 34.5 Å². The van der Waals surface area contributed by atoms with Crippen molar-refractivity contribution >= 4 is 5.91 Å². The number of rotatable bonds is 7. The molecular weight excluding hydrogens is 352 g/mol. The van der Waals surface area contributed by atoms with Gasteiger partial charge in [0.25, 0.3) is 5.91 Å². The highest BCUT2D eigenvalue weighted by Crippen LogP contribution is 2.24. The largest absolute Gasteiger partial charge is 0.497 e. The van der Waals surface area contributed by atoms with Crippen LogP contribution in [0.5, 0.6) is 11.5 Å². The van der Waals surface area contributed by atoms with Gasteiger partial charge in [-0.3, -0.25) is 9.69 Å². The van der Waals surface area contributed by atoms with Crippen molar-refractivity contribution in [2.75, 3.05) is 27.3 Å². The Bertz CT molecular complexity index is 766. The Morgan fingerprint density at radius 3 is 2.25 bits per heavy atom. The van der Waals surface area contributed by atoms with Crippen molar-refractivity contribution < 1.29 is 14.3 Å². The molecule has 1 saturated heterocycles. The first kappa shape index (κ1) is 20.2. The second-order valence-electron chi connectivity index (χ2n) is 7.26. The molecule has 0 aliphatic carbocycles. The average molecular weight is 383 g/mol. The molecule has 0 unspecified atom stereocenters. The van der Waals surface area contributed by atoms with Crippen LogP contribution in [-0.2, 0) is 13.1 Å². The third kappa shape index (κ3) is 5.49. The van der Waals surface area contributed by atoms with E-state index in [0.29, 0.717) is 23.6 Å². The Morgan fingerprint density at radius 2 is 1.61 bits per heavy atom. The van der Waals surface area contributed by atoms with Gasteiger partial charge < -0.3 is 14.8 Å². The predicted molar refractivity (Wildman–Crippen MR) is 111 cm³/mol. The number of carbonyl (C=O) groups is 1. The van der Waals surface area contributed by atoms with Gasteiger partial charge in [-0.1, -0.05) is 37.1 Å². The smallest absolute Gasteiger partial charge is 0.255 e. The minimum atomic E-state index is -0.159. The van der Waals surface area contributed by atoms with Crippen LogP contribution in [0.2, 0.25) is 0 Å². The number of amides is 1. The summed E-state index contributed by atoms with van der Waals surface area (Å²) in [7, 11) is 3.14. The lowest BCUT2D eigenvalue weighted by atomic mass is 10.1. The summed E-state index contributed by atoms with van der Waals surface area (Å²) < 4.78 is 10.5. The monoisotopic (exact) mass is 382 g/mol. The van der Waals surface area contributed by atoms with Gasteiger partial charge in [0.2, 0.25) is 0 Å². The lowest BCUT2D eigenvalue weighted by Crippen LogP contribution is -2.24. The van der Waals surface area contributed by atoms with Crippen LogP contribution in [0.3, 0.4) is 0 Å². The van der Waals surface area contributed by atoms with Crippen LogP contribution >= 0.6 is 0 Å². The molecule has 1 amide bonds. The van der Waals surface area contributed by atoms with Crippen LogP contribution in [0.15, 0.2) is 42.5 Å². The van der Waals surface area contributed by atoms with Crippen molar-refractivity contribution in [2.24, 2.45) is 0 Å². The lowest BCUT2D eigenvalue weighted by molar-refractivity contribution is 0.0948. The van der Waals surface area contributed by atoms with Crippen LogP contribution in [0.25, 0.3) is 0 Å². The minimum Gasteiger partial charge on any atom is -0.497 e. The Morgan fingerprint density at radius 1 is 0.929 bits per heavy atom. The fourth-order valence-electron chi connectivity index (χ4n) is 3.58. The molecular formula is C23H30N2O3. The van der Waals surface area contributed by atoms with Crippen LogP contribution in [0.4, 0.5) is 0 Å². The van der Waals surface area contributed by atoms with Gasteiger partial charge in [-0.25, -0.2) is 0 Å². The van der Waals surface area contributed by atoms with Gasteiger partial charge in [0.15, 0.2) is 0 Å². The van der Waals surface area contributed by atoms with E-state index in [9.17, 15) is 4.79 Å². The zero-order valence-corrected chi connectivity index (χ0v) is 16.9. The van der Waals surface area contributed by atoms with Crippen LogP contribution in [0.1, 0.15) is 47.2 Å². The van der Waals surface area contributed by atoms with E-state index in [1.807, 2.05) is 0 Å². The van der Waals surface area contributed by atoms with E-state index in [1.165, 1.54) is 44.3 Å². The fraction of sp³-hybridized carbons (Fsp3) is 0.435. The average Bonchev–Trinajstić information content (AvgIpc) is 3.01. The Labute approximate surface area is 167 Å². The van der Waals surface area contributed by atoms with Gasteiger partial charge in [0.1, 0.15) is 11.5 Å². The zero-order chi connectivity index (χ0) is 19.8. The number of nitrogens with one attached hydrogen (secondary N) is 1. The maximum atomic E-state index is 12.5. The Kier molecular flexibility index (Phi) is 7.31. The van der Waals surface area contributed by atoms with E-state index < -0.39 is 0 Å². The standard InChI is InChI=1S/C23H30N2O3/c1-27-20-11-12-21(22(15-20)28-2)23(26)24-16-18-7-9-19(10-8-18)17-25-13-5-3-4-6-14-25/h7-12,15H,3-6,13-14,16-17H2,1-2H3,(H,24,26). The normalized spacial score (nSPS) is 14.9. The van der Waals surface area contributed by atoms with Gasteiger partial charge >= 0.3 is 0 Å². The second-order valence-corrected chi connectivity index (χ2v) is 7.26. The van der Waals surface area contributed by atoms with Gasteiger partial charge in [-0.2, -0.15) is 0 Å². The number of carbonyl (C=O) groups excluding carboxylic acids is 1. The molecule has 28 heavy (non-hydrogen) atoms. The van der Waals surface area contributed by atoms with Gasteiger partial charge in [0.05, 0.1) is 19.8 Å². The van der Waals surface area contributed by atoms with Crippen molar-refractivity contribution in [1.82, 2.24) is 10.2 Å².